The molecular formula is C20H15N2O6S-. The molecule has 1 aliphatic heterocycles. The quantitative estimate of drug-likeness (QED) is 0.699. The summed E-state index contributed by atoms with van der Waals surface area (Å²) in [6, 6.07) is 12.5. The average molecular weight is 411 g/mol. The van der Waals surface area contributed by atoms with E-state index in [4.69, 9.17) is 5.11 Å². The lowest BCUT2D eigenvalue weighted by molar-refractivity contribution is -0.268. The van der Waals surface area contributed by atoms with Gasteiger partial charge in [0.2, 0.25) is 5.91 Å². The van der Waals surface area contributed by atoms with Crippen LogP contribution in [0.5, 0.6) is 5.75 Å². The molecule has 0 aliphatic carbocycles. The lowest BCUT2D eigenvalue weighted by atomic mass is 10.2. The van der Waals surface area contributed by atoms with Crippen molar-refractivity contribution in [1.29, 1.82) is 0 Å². The Morgan fingerprint density at radius 2 is 1.86 bits per heavy atom. The second kappa shape index (κ2) is 8.61. The van der Waals surface area contributed by atoms with E-state index in [0.29, 0.717) is 0 Å². The Morgan fingerprint density at radius 1 is 1.14 bits per heavy atom. The Morgan fingerprint density at radius 3 is 2.52 bits per heavy atom. The molecule has 0 unspecified atom stereocenters. The Balaban J connectivity index is 1.59. The van der Waals surface area contributed by atoms with E-state index in [0.717, 1.165) is 34.4 Å². The number of hydrogen-bond acceptors (Lipinski definition) is 6. The van der Waals surface area contributed by atoms with Crippen LogP contribution in [0.1, 0.15) is 22.3 Å². The van der Waals surface area contributed by atoms with E-state index < -0.39 is 34.3 Å². The second-order valence-electron chi connectivity index (χ2n) is 6.06. The van der Waals surface area contributed by atoms with Gasteiger partial charge in [0, 0.05) is 18.7 Å². The summed E-state index contributed by atoms with van der Waals surface area (Å²) in [5, 5.41) is 22.5. The Labute approximate surface area is 169 Å². The maximum Gasteiger partial charge on any atom is 0.335 e. The van der Waals surface area contributed by atoms with Gasteiger partial charge >= 0.3 is 5.97 Å². The molecule has 0 spiro atoms. The summed E-state index contributed by atoms with van der Waals surface area (Å²) in [6.07, 6.45) is 1.45. The van der Waals surface area contributed by atoms with Crippen LogP contribution in [-0.2, 0) is 9.59 Å². The topological polar surface area (TPSA) is 127 Å². The van der Waals surface area contributed by atoms with Gasteiger partial charge in [0.05, 0.1) is 10.5 Å². The van der Waals surface area contributed by atoms with Crippen molar-refractivity contribution in [2.24, 2.45) is 0 Å². The summed E-state index contributed by atoms with van der Waals surface area (Å²) in [4.78, 5) is 48.7. The largest absolute Gasteiger partial charge is 0.872 e. The van der Waals surface area contributed by atoms with Crippen LogP contribution in [0.3, 0.4) is 0 Å². The van der Waals surface area contributed by atoms with Crippen LogP contribution in [0, 0.1) is 0 Å². The van der Waals surface area contributed by atoms with E-state index in [1.54, 1.807) is 18.2 Å². The van der Waals surface area contributed by atoms with E-state index >= 15 is 0 Å². The van der Waals surface area contributed by atoms with Crippen molar-refractivity contribution in [2.45, 2.75) is 6.42 Å². The average Bonchev–Trinajstić information content (AvgIpc) is 2.93. The Bertz CT molecular complexity index is 1020. The number of nitrogens with zero attached hydrogens (tertiary/aromatic N) is 1. The smallest absolute Gasteiger partial charge is 0.335 e. The molecule has 0 atom stereocenters. The van der Waals surface area contributed by atoms with Crippen LogP contribution in [0.4, 0.5) is 10.5 Å². The highest BCUT2D eigenvalue weighted by molar-refractivity contribution is 8.18. The highest BCUT2D eigenvalue weighted by Gasteiger charge is 2.35. The molecule has 3 rings (SSSR count). The molecule has 1 heterocycles. The van der Waals surface area contributed by atoms with Crippen molar-refractivity contribution in [3.05, 3.63) is 64.6 Å². The molecule has 0 saturated carbocycles. The Hall–Kier alpha value is -3.59. The van der Waals surface area contributed by atoms with Gasteiger partial charge in [-0.25, -0.2) is 4.79 Å². The molecule has 1 fully saturated rings. The summed E-state index contributed by atoms with van der Waals surface area (Å²) < 4.78 is 0. The number of amides is 3. The molecule has 2 N–H and O–H groups in total. The Kier molecular flexibility index (Phi) is 5.99. The normalized spacial score (nSPS) is 15.0. The lowest BCUT2D eigenvalue weighted by Gasteiger charge is -2.14. The zero-order valence-electron chi connectivity index (χ0n) is 15.0. The minimum atomic E-state index is -1.35. The summed E-state index contributed by atoms with van der Waals surface area (Å²) in [5.74, 6) is -3.06. The molecule has 29 heavy (non-hydrogen) atoms. The standard InChI is InChI=1S/C20H16N2O6S/c23-15-11-13(6-7-14(15)19(26)27)21-17(24)8-9-22-18(25)16(29-20(22)28)10-12-4-2-1-3-5-12/h1-7,10-11,23H,8-9H2,(H,21,24)(H,26,27)/p-1/b16-10+. The number of benzene rings is 2. The number of nitrogens with one attached hydrogen (secondary N) is 1. The van der Waals surface area contributed by atoms with E-state index in [1.165, 1.54) is 6.07 Å². The molecule has 2 aromatic carbocycles. The molecule has 3 amide bonds. The number of carboxylic acid groups (broad SMARTS) is 1. The molecule has 8 nitrogen and oxygen atoms in total. The monoisotopic (exact) mass is 411 g/mol. The molecule has 0 aromatic heterocycles. The van der Waals surface area contributed by atoms with Crippen molar-refractivity contribution in [3.63, 3.8) is 0 Å². The first-order valence-electron chi connectivity index (χ1n) is 8.50. The number of thioether (sulfide) groups is 1. The van der Waals surface area contributed by atoms with Crippen LogP contribution in [0.2, 0.25) is 0 Å². The first-order chi connectivity index (χ1) is 13.8. The van der Waals surface area contributed by atoms with Crippen molar-refractivity contribution in [2.75, 3.05) is 11.9 Å². The minimum absolute atomic E-state index is 0.111. The van der Waals surface area contributed by atoms with Crippen LogP contribution in [-0.4, -0.2) is 39.6 Å². The van der Waals surface area contributed by atoms with Gasteiger partial charge in [-0.3, -0.25) is 19.3 Å². The van der Waals surface area contributed by atoms with Crippen molar-refractivity contribution in [1.82, 2.24) is 4.90 Å². The van der Waals surface area contributed by atoms with Crippen molar-refractivity contribution >= 4 is 46.5 Å². The third-order valence-corrected chi connectivity index (χ3v) is 4.94. The van der Waals surface area contributed by atoms with Gasteiger partial charge in [0.1, 0.15) is 0 Å². The molecule has 148 valence electrons. The highest BCUT2D eigenvalue weighted by atomic mass is 32.2. The van der Waals surface area contributed by atoms with Crippen LogP contribution in [0.15, 0.2) is 53.4 Å². The molecule has 2 aromatic rings. The molecule has 9 heteroatoms. The molecule has 0 radical (unpaired) electrons. The fourth-order valence-corrected chi connectivity index (χ4v) is 3.47. The van der Waals surface area contributed by atoms with Gasteiger partial charge in [0.15, 0.2) is 0 Å². The predicted molar refractivity (Wildman–Crippen MR) is 105 cm³/mol. The first kappa shape index (κ1) is 20.2. The highest BCUT2D eigenvalue weighted by Crippen LogP contribution is 2.32. The van der Waals surface area contributed by atoms with Crippen LogP contribution >= 0.6 is 11.8 Å². The predicted octanol–water partition coefficient (Wildman–Crippen LogP) is 2.52. The summed E-state index contributed by atoms with van der Waals surface area (Å²) in [7, 11) is 0. The van der Waals surface area contributed by atoms with Gasteiger partial charge in [-0.2, -0.15) is 0 Å². The van der Waals surface area contributed by atoms with E-state index in [1.807, 2.05) is 18.2 Å². The maximum absolute atomic E-state index is 12.4. The molecule has 0 bridgehead atoms. The fraction of sp³-hybridized carbons (Fsp3) is 0.100. The number of carbonyl (C=O) groups excluding carboxylic acids is 3. The summed E-state index contributed by atoms with van der Waals surface area (Å²) in [5.41, 5.74) is 0.531. The van der Waals surface area contributed by atoms with Gasteiger partial charge in [-0.05, 0) is 41.6 Å². The fourth-order valence-electron chi connectivity index (χ4n) is 2.61. The number of carbonyl (C=O) groups is 4. The number of imide groups is 1. The second-order valence-corrected chi connectivity index (χ2v) is 7.05. The van der Waals surface area contributed by atoms with Crippen molar-refractivity contribution < 1.29 is 29.4 Å². The molecule has 1 aliphatic rings. The SMILES string of the molecule is O=C(CCN1C(=O)S/C(=C/c2ccccc2)C1=O)Nc1ccc(C(=O)O)c([O-])c1. The van der Waals surface area contributed by atoms with E-state index in [9.17, 15) is 24.3 Å². The summed E-state index contributed by atoms with van der Waals surface area (Å²) >= 11 is 0.808. The number of aromatic carboxylic acids is 1. The zero-order valence-corrected chi connectivity index (χ0v) is 15.8. The van der Waals surface area contributed by atoms with Crippen LogP contribution in [0.25, 0.3) is 6.08 Å². The zero-order chi connectivity index (χ0) is 21.0. The first-order valence-corrected chi connectivity index (χ1v) is 9.31. The van der Waals surface area contributed by atoms with Gasteiger partial charge in [0.25, 0.3) is 11.1 Å². The number of anilines is 1. The third-order valence-electron chi connectivity index (χ3n) is 4.03. The molecule has 1 saturated heterocycles. The number of rotatable bonds is 6. The molecular weight excluding hydrogens is 396 g/mol. The van der Waals surface area contributed by atoms with E-state index in [-0.39, 0.29) is 23.6 Å². The van der Waals surface area contributed by atoms with Gasteiger partial charge in [-0.15, -0.1) is 0 Å². The van der Waals surface area contributed by atoms with Crippen molar-refractivity contribution in [3.8, 4) is 5.75 Å². The maximum atomic E-state index is 12.4. The summed E-state index contributed by atoms with van der Waals surface area (Å²) in [6.45, 7) is -0.111. The van der Waals surface area contributed by atoms with Gasteiger partial charge in [-0.1, -0.05) is 36.1 Å². The third kappa shape index (κ3) is 4.82. The van der Waals surface area contributed by atoms with Crippen LogP contribution < -0.4 is 10.4 Å². The van der Waals surface area contributed by atoms with E-state index in [2.05, 4.69) is 5.32 Å². The lowest BCUT2D eigenvalue weighted by Crippen LogP contribution is -2.31. The number of carboxylic acids is 1. The minimum Gasteiger partial charge on any atom is -0.872 e. The van der Waals surface area contributed by atoms with Gasteiger partial charge < -0.3 is 15.5 Å². The number of hydrogen-bond donors (Lipinski definition) is 2.